The smallest absolute Gasteiger partial charge is 0.341 e. The lowest BCUT2D eigenvalue weighted by Gasteiger charge is -2.09. The molecule has 3 nitrogen and oxygen atoms in total. The highest BCUT2D eigenvalue weighted by molar-refractivity contribution is 9.10. The van der Waals surface area contributed by atoms with Gasteiger partial charge in [-0.25, -0.2) is 4.79 Å². The molecule has 88 valence electrons. The zero-order valence-electron chi connectivity index (χ0n) is 9.24. The minimum Gasteiger partial charge on any atom is -0.506 e. The van der Waals surface area contributed by atoms with Gasteiger partial charge in [-0.2, -0.15) is 0 Å². The van der Waals surface area contributed by atoms with Crippen LogP contribution in [0.2, 0.25) is 0 Å². The third-order valence-corrected chi connectivity index (χ3v) is 3.26. The number of hydrogen-bond acceptors (Lipinski definition) is 3. The summed E-state index contributed by atoms with van der Waals surface area (Å²) in [5, 5.41) is 11.7. The Labute approximate surface area is 107 Å². The molecule has 2 rings (SSSR count). The van der Waals surface area contributed by atoms with Crippen LogP contribution < -0.4 is 0 Å². The molecule has 0 aliphatic heterocycles. The molecule has 1 N–H and O–H groups in total. The van der Waals surface area contributed by atoms with Crippen molar-refractivity contribution in [1.29, 1.82) is 0 Å². The maximum Gasteiger partial charge on any atom is 0.341 e. The van der Waals surface area contributed by atoms with E-state index in [-0.39, 0.29) is 17.9 Å². The molecule has 0 heterocycles. The van der Waals surface area contributed by atoms with Gasteiger partial charge in [0, 0.05) is 0 Å². The third-order valence-electron chi connectivity index (χ3n) is 2.46. The summed E-state index contributed by atoms with van der Waals surface area (Å²) in [5.41, 5.74) is 0.178. The minimum atomic E-state index is -0.517. The van der Waals surface area contributed by atoms with Crippen molar-refractivity contribution in [3.63, 3.8) is 0 Å². The Morgan fingerprint density at radius 2 is 2.12 bits per heavy atom. The number of aromatic hydroxyl groups is 1. The van der Waals surface area contributed by atoms with Crippen LogP contribution in [0.5, 0.6) is 5.75 Å². The SMILES string of the molecule is CCOC(=O)c1cc2ccccc2c(Br)c1O. The lowest BCUT2D eigenvalue weighted by molar-refractivity contribution is 0.0523. The van der Waals surface area contributed by atoms with Crippen molar-refractivity contribution >= 4 is 32.7 Å². The maximum atomic E-state index is 11.7. The Bertz CT molecular complexity index is 578. The van der Waals surface area contributed by atoms with E-state index in [0.717, 1.165) is 10.8 Å². The highest BCUT2D eigenvalue weighted by Gasteiger charge is 2.17. The van der Waals surface area contributed by atoms with Gasteiger partial charge < -0.3 is 9.84 Å². The van der Waals surface area contributed by atoms with E-state index < -0.39 is 5.97 Å². The zero-order chi connectivity index (χ0) is 12.4. The molecule has 4 heteroatoms. The van der Waals surface area contributed by atoms with Crippen LogP contribution in [0.25, 0.3) is 10.8 Å². The predicted molar refractivity (Wildman–Crippen MR) is 69.3 cm³/mol. The van der Waals surface area contributed by atoms with Crippen LogP contribution >= 0.6 is 15.9 Å². The van der Waals surface area contributed by atoms with E-state index in [2.05, 4.69) is 15.9 Å². The molecule has 0 saturated carbocycles. The summed E-state index contributed by atoms with van der Waals surface area (Å²) in [7, 11) is 0. The van der Waals surface area contributed by atoms with E-state index in [1.54, 1.807) is 13.0 Å². The first-order chi connectivity index (χ1) is 8.15. The predicted octanol–water partition coefficient (Wildman–Crippen LogP) is 3.48. The van der Waals surface area contributed by atoms with Crippen molar-refractivity contribution in [1.82, 2.24) is 0 Å². The summed E-state index contributed by atoms with van der Waals surface area (Å²) in [6.07, 6.45) is 0. The minimum absolute atomic E-state index is 0.0813. The highest BCUT2D eigenvalue weighted by Crippen LogP contribution is 2.35. The summed E-state index contributed by atoms with van der Waals surface area (Å²) >= 11 is 3.29. The zero-order valence-corrected chi connectivity index (χ0v) is 10.8. The average Bonchev–Trinajstić information content (AvgIpc) is 2.34. The summed E-state index contributed by atoms with van der Waals surface area (Å²) in [4.78, 5) is 11.7. The first-order valence-electron chi connectivity index (χ1n) is 5.22. The third kappa shape index (κ3) is 2.13. The van der Waals surface area contributed by atoms with E-state index in [4.69, 9.17) is 4.74 Å². The molecule has 0 fully saturated rings. The second-order valence-electron chi connectivity index (χ2n) is 3.53. The fraction of sp³-hybridized carbons (Fsp3) is 0.154. The molecule has 0 aliphatic rings. The molecule has 0 saturated heterocycles. The van der Waals surface area contributed by atoms with E-state index in [0.29, 0.717) is 4.47 Å². The van der Waals surface area contributed by atoms with Gasteiger partial charge in [-0.05, 0) is 39.7 Å². The number of phenols is 1. The molecule has 0 spiro atoms. The molecule has 0 aliphatic carbocycles. The van der Waals surface area contributed by atoms with Crippen LogP contribution in [0.15, 0.2) is 34.8 Å². The van der Waals surface area contributed by atoms with Gasteiger partial charge in [-0.15, -0.1) is 0 Å². The average molecular weight is 295 g/mol. The van der Waals surface area contributed by atoms with Crippen LogP contribution in [-0.2, 0) is 4.74 Å². The molecular formula is C13H11BrO3. The number of phenolic OH excluding ortho intramolecular Hbond substituents is 1. The van der Waals surface area contributed by atoms with Gasteiger partial charge in [0.25, 0.3) is 0 Å². The summed E-state index contributed by atoms with van der Waals surface area (Å²) < 4.78 is 5.41. The Morgan fingerprint density at radius 1 is 1.41 bits per heavy atom. The fourth-order valence-corrected chi connectivity index (χ4v) is 2.23. The lowest BCUT2D eigenvalue weighted by atomic mass is 10.1. The van der Waals surface area contributed by atoms with Crippen LogP contribution in [0.4, 0.5) is 0 Å². The monoisotopic (exact) mass is 294 g/mol. The van der Waals surface area contributed by atoms with Crippen molar-refractivity contribution < 1.29 is 14.6 Å². The normalized spacial score (nSPS) is 10.5. The number of halogens is 1. The second kappa shape index (κ2) is 4.75. The molecule has 0 unspecified atom stereocenters. The van der Waals surface area contributed by atoms with Crippen LogP contribution in [-0.4, -0.2) is 17.7 Å². The number of carbonyl (C=O) groups is 1. The van der Waals surface area contributed by atoms with Gasteiger partial charge in [-0.1, -0.05) is 24.3 Å². The van der Waals surface area contributed by atoms with Gasteiger partial charge in [0.1, 0.15) is 11.3 Å². The second-order valence-corrected chi connectivity index (χ2v) is 4.32. The number of benzene rings is 2. The fourth-order valence-electron chi connectivity index (χ4n) is 1.66. The van der Waals surface area contributed by atoms with Crippen molar-refractivity contribution in [3.8, 4) is 5.75 Å². The molecule has 2 aromatic rings. The molecule has 0 radical (unpaired) electrons. The summed E-state index contributed by atoms with van der Waals surface area (Å²) in [6, 6.07) is 9.13. The van der Waals surface area contributed by atoms with Gasteiger partial charge in [0.2, 0.25) is 0 Å². The van der Waals surface area contributed by atoms with Gasteiger partial charge in [0.05, 0.1) is 11.1 Å². The quantitative estimate of drug-likeness (QED) is 0.863. The van der Waals surface area contributed by atoms with E-state index in [1.807, 2.05) is 24.3 Å². The molecule has 17 heavy (non-hydrogen) atoms. The van der Waals surface area contributed by atoms with Crippen molar-refractivity contribution in [3.05, 3.63) is 40.4 Å². The molecule has 0 bridgehead atoms. The largest absolute Gasteiger partial charge is 0.506 e. The number of hydrogen-bond donors (Lipinski definition) is 1. The topological polar surface area (TPSA) is 46.5 Å². The number of fused-ring (bicyclic) bond motifs is 1. The summed E-state index contributed by atoms with van der Waals surface area (Å²) in [5.74, 6) is -0.599. The van der Waals surface area contributed by atoms with Gasteiger partial charge in [-0.3, -0.25) is 0 Å². The molecule has 0 amide bonds. The number of carbonyl (C=O) groups excluding carboxylic acids is 1. The number of ether oxygens (including phenoxy) is 1. The molecule has 0 atom stereocenters. The Balaban J connectivity index is 2.65. The molecule has 0 aromatic heterocycles. The Morgan fingerprint density at radius 3 is 2.82 bits per heavy atom. The lowest BCUT2D eigenvalue weighted by Crippen LogP contribution is -2.05. The first kappa shape index (κ1) is 11.9. The standard InChI is InChI=1S/C13H11BrO3/c1-2-17-13(16)10-7-8-5-3-4-6-9(8)11(14)12(10)15/h3-7,15H,2H2,1H3. The van der Waals surface area contributed by atoms with Gasteiger partial charge >= 0.3 is 5.97 Å². The first-order valence-corrected chi connectivity index (χ1v) is 6.01. The Kier molecular flexibility index (Phi) is 3.33. The number of esters is 1. The van der Waals surface area contributed by atoms with Crippen molar-refractivity contribution in [2.75, 3.05) is 6.61 Å². The van der Waals surface area contributed by atoms with Crippen LogP contribution in [0.1, 0.15) is 17.3 Å². The maximum absolute atomic E-state index is 11.7. The van der Waals surface area contributed by atoms with E-state index >= 15 is 0 Å². The van der Waals surface area contributed by atoms with Gasteiger partial charge in [0.15, 0.2) is 0 Å². The van der Waals surface area contributed by atoms with E-state index in [9.17, 15) is 9.90 Å². The molecule has 2 aromatic carbocycles. The van der Waals surface area contributed by atoms with Crippen LogP contribution in [0, 0.1) is 0 Å². The molecular weight excluding hydrogens is 284 g/mol. The number of rotatable bonds is 2. The highest BCUT2D eigenvalue weighted by atomic mass is 79.9. The van der Waals surface area contributed by atoms with Crippen LogP contribution in [0.3, 0.4) is 0 Å². The summed E-state index contributed by atoms with van der Waals surface area (Å²) in [6.45, 7) is 2.01. The van der Waals surface area contributed by atoms with Crippen molar-refractivity contribution in [2.45, 2.75) is 6.92 Å². The van der Waals surface area contributed by atoms with E-state index in [1.165, 1.54) is 0 Å². The van der Waals surface area contributed by atoms with Crippen molar-refractivity contribution in [2.24, 2.45) is 0 Å². The Hall–Kier alpha value is -1.55.